The lowest BCUT2D eigenvalue weighted by Gasteiger charge is -2.15. The van der Waals surface area contributed by atoms with Crippen LogP contribution in [0, 0.1) is 0 Å². The third-order valence-electron chi connectivity index (χ3n) is 4.13. The van der Waals surface area contributed by atoms with Gasteiger partial charge < -0.3 is 9.47 Å². The van der Waals surface area contributed by atoms with Gasteiger partial charge in [0.1, 0.15) is 23.8 Å². The molecule has 21 heavy (non-hydrogen) atoms. The van der Waals surface area contributed by atoms with Crippen molar-refractivity contribution in [3.63, 3.8) is 0 Å². The topological polar surface area (TPSA) is 49.2 Å². The van der Waals surface area contributed by atoms with Gasteiger partial charge in [0.15, 0.2) is 0 Å². The molecule has 0 amide bonds. The van der Waals surface area contributed by atoms with E-state index in [1.807, 2.05) is 23.0 Å². The predicted molar refractivity (Wildman–Crippen MR) is 77.6 cm³/mol. The number of ether oxygens (including phenoxy) is 2. The minimum absolute atomic E-state index is 0.0454. The van der Waals surface area contributed by atoms with Crippen LogP contribution in [0.25, 0.3) is 0 Å². The fourth-order valence-electron chi connectivity index (χ4n) is 2.64. The molecule has 0 bridgehead atoms. The van der Waals surface area contributed by atoms with E-state index in [1.165, 1.54) is 18.4 Å². The molecule has 1 fully saturated rings. The Balaban J connectivity index is 1.47. The maximum atomic E-state index is 5.85. The van der Waals surface area contributed by atoms with Gasteiger partial charge >= 0.3 is 0 Å². The maximum Gasteiger partial charge on any atom is 0.134 e. The van der Waals surface area contributed by atoms with Gasteiger partial charge in [0.25, 0.3) is 0 Å². The van der Waals surface area contributed by atoms with Crippen LogP contribution in [0.5, 0.6) is 11.5 Å². The summed E-state index contributed by atoms with van der Waals surface area (Å²) >= 11 is 0. The molecule has 2 aliphatic rings. The molecule has 5 heteroatoms. The van der Waals surface area contributed by atoms with E-state index in [0.29, 0.717) is 12.6 Å². The van der Waals surface area contributed by atoms with Crippen LogP contribution in [0.4, 0.5) is 0 Å². The minimum atomic E-state index is 0.0454. The molecule has 0 spiro atoms. The molecule has 0 unspecified atom stereocenters. The van der Waals surface area contributed by atoms with E-state index in [-0.39, 0.29) is 5.41 Å². The first-order chi connectivity index (χ1) is 10.1. The Hall–Kier alpha value is -2.04. The molecule has 5 nitrogen and oxygen atoms in total. The van der Waals surface area contributed by atoms with Crippen molar-refractivity contribution in [3.8, 4) is 11.5 Å². The molecule has 1 aliphatic carbocycles. The van der Waals surface area contributed by atoms with Crippen molar-refractivity contribution in [2.75, 3.05) is 6.61 Å². The van der Waals surface area contributed by atoms with Crippen LogP contribution in [0.15, 0.2) is 24.4 Å². The summed E-state index contributed by atoms with van der Waals surface area (Å²) in [7, 11) is 0. The van der Waals surface area contributed by atoms with Crippen molar-refractivity contribution in [2.24, 2.45) is 0 Å². The van der Waals surface area contributed by atoms with Crippen molar-refractivity contribution in [1.82, 2.24) is 15.0 Å². The van der Waals surface area contributed by atoms with Crippen LogP contribution in [0.2, 0.25) is 0 Å². The Morgan fingerprint density at radius 1 is 1.38 bits per heavy atom. The van der Waals surface area contributed by atoms with E-state index in [4.69, 9.17) is 9.47 Å². The number of fused-ring (bicyclic) bond motifs is 1. The number of rotatable bonds is 4. The number of hydrogen-bond acceptors (Lipinski definition) is 4. The first-order valence-corrected chi connectivity index (χ1v) is 7.43. The molecule has 4 rings (SSSR count). The highest BCUT2D eigenvalue weighted by atomic mass is 16.5. The molecular formula is C16H19N3O2. The van der Waals surface area contributed by atoms with E-state index in [0.717, 1.165) is 23.8 Å². The second-order valence-corrected chi connectivity index (χ2v) is 6.54. The Morgan fingerprint density at radius 2 is 2.24 bits per heavy atom. The van der Waals surface area contributed by atoms with E-state index >= 15 is 0 Å². The first-order valence-electron chi connectivity index (χ1n) is 7.43. The molecule has 1 aliphatic heterocycles. The van der Waals surface area contributed by atoms with E-state index in [1.54, 1.807) is 0 Å². The largest absolute Gasteiger partial charge is 0.492 e. The van der Waals surface area contributed by atoms with Crippen LogP contribution in [0.3, 0.4) is 0 Å². The summed E-state index contributed by atoms with van der Waals surface area (Å²) in [6, 6.07) is 6.57. The summed E-state index contributed by atoms with van der Waals surface area (Å²) < 4.78 is 13.5. The van der Waals surface area contributed by atoms with Crippen molar-refractivity contribution < 1.29 is 9.47 Å². The normalized spacial score (nSPS) is 19.1. The Kier molecular flexibility index (Phi) is 2.71. The summed E-state index contributed by atoms with van der Waals surface area (Å²) in [6.45, 7) is 5.54. The Bertz CT molecular complexity index is 674. The van der Waals surface area contributed by atoms with E-state index in [9.17, 15) is 0 Å². The molecular weight excluding hydrogens is 266 g/mol. The van der Waals surface area contributed by atoms with Gasteiger partial charge in [-0.05, 0) is 31.0 Å². The van der Waals surface area contributed by atoms with Gasteiger partial charge in [-0.2, -0.15) is 0 Å². The second kappa shape index (κ2) is 4.48. The third kappa shape index (κ3) is 2.37. The zero-order valence-corrected chi connectivity index (χ0v) is 12.4. The minimum Gasteiger partial charge on any atom is -0.492 e. The lowest BCUT2D eigenvalue weighted by Crippen LogP contribution is -2.18. The fraction of sp³-hybridized carbons (Fsp3) is 0.500. The lowest BCUT2D eigenvalue weighted by atomic mass is 9.87. The summed E-state index contributed by atoms with van der Waals surface area (Å²) in [5.41, 5.74) is 2.13. The van der Waals surface area contributed by atoms with Crippen molar-refractivity contribution in [3.05, 3.63) is 35.7 Å². The molecule has 0 saturated heterocycles. The van der Waals surface area contributed by atoms with E-state index < -0.39 is 0 Å². The maximum absolute atomic E-state index is 5.85. The van der Waals surface area contributed by atoms with Crippen molar-refractivity contribution >= 4 is 0 Å². The van der Waals surface area contributed by atoms with Gasteiger partial charge in [-0.25, -0.2) is 4.68 Å². The standard InChI is InChI=1S/C16H19N3O2/c1-16(2)10-21-15-6-5-13(7-14(15)16)20-9-11-8-19(18-17-11)12-3-4-12/h5-8,12H,3-4,9-10H2,1-2H3. The average Bonchev–Trinajstić information content (AvgIpc) is 3.14. The highest BCUT2D eigenvalue weighted by Gasteiger charge is 2.32. The third-order valence-corrected chi connectivity index (χ3v) is 4.13. The van der Waals surface area contributed by atoms with Crippen LogP contribution in [0.1, 0.15) is 44.0 Å². The number of nitrogens with zero attached hydrogens (tertiary/aromatic N) is 3. The van der Waals surface area contributed by atoms with Crippen molar-refractivity contribution in [1.29, 1.82) is 0 Å². The van der Waals surface area contributed by atoms with Gasteiger partial charge in [0.2, 0.25) is 0 Å². The highest BCUT2D eigenvalue weighted by Crippen LogP contribution is 2.40. The van der Waals surface area contributed by atoms with Crippen LogP contribution in [-0.4, -0.2) is 21.6 Å². The fourth-order valence-corrected chi connectivity index (χ4v) is 2.64. The highest BCUT2D eigenvalue weighted by molar-refractivity contribution is 5.47. The molecule has 110 valence electrons. The van der Waals surface area contributed by atoms with Crippen LogP contribution >= 0.6 is 0 Å². The molecule has 0 atom stereocenters. The van der Waals surface area contributed by atoms with E-state index in [2.05, 4.69) is 30.2 Å². The van der Waals surface area contributed by atoms with Crippen molar-refractivity contribution in [2.45, 2.75) is 44.8 Å². The SMILES string of the molecule is CC1(C)COc2ccc(OCc3cn(C4CC4)nn3)cc21. The summed E-state index contributed by atoms with van der Waals surface area (Å²) in [6.07, 6.45) is 4.41. The van der Waals surface area contributed by atoms with Gasteiger partial charge in [-0.3, -0.25) is 0 Å². The quantitative estimate of drug-likeness (QED) is 0.866. The smallest absolute Gasteiger partial charge is 0.134 e. The first kappa shape index (κ1) is 12.7. The zero-order valence-electron chi connectivity index (χ0n) is 12.4. The summed E-state index contributed by atoms with van der Waals surface area (Å²) in [5, 5.41) is 8.29. The average molecular weight is 285 g/mol. The summed E-state index contributed by atoms with van der Waals surface area (Å²) in [4.78, 5) is 0. The van der Waals surface area contributed by atoms with Gasteiger partial charge in [-0.15, -0.1) is 5.10 Å². The second-order valence-electron chi connectivity index (χ2n) is 6.54. The Labute approximate surface area is 123 Å². The van der Waals surface area contributed by atoms with Gasteiger partial charge in [0, 0.05) is 11.0 Å². The van der Waals surface area contributed by atoms with Crippen LogP contribution < -0.4 is 9.47 Å². The van der Waals surface area contributed by atoms with Gasteiger partial charge in [0.05, 0.1) is 18.8 Å². The summed E-state index contributed by atoms with van der Waals surface area (Å²) in [5.74, 6) is 1.82. The Morgan fingerprint density at radius 3 is 3.05 bits per heavy atom. The number of hydrogen-bond donors (Lipinski definition) is 0. The molecule has 1 saturated carbocycles. The van der Waals surface area contributed by atoms with Crippen LogP contribution in [-0.2, 0) is 12.0 Å². The lowest BCUT2D eigenvalue weighted by molar-refractivity contribution is 0.291. The molecule has 0 N–H and O–H groups in total. The predicted octanol–water partition coefficient (Wildman–Crippen LogP) is 2.86. The van der Waals surface area contributed by atoms with Gasteiger partial charge in [-0.1, -0.05) is 19.1 Å². The molecule has 1 aromatic carbocycles. The molecule has 2 heterocycles. The molecule has 2 aromatic rings. The molecule has 0 radical (unpaired) electrons. The number of aromatic nitrogens is 3. The zero-order chi connectivity index (χ0) is 14.4. The number of benzene rings is 1. The monoisotopic (exact) mass is 285 g/mol. The molecule has 1 aromatic heterocycles.